The lowest BCUT2D eigenvalue weighted by Gasteiger charge is -2.25. The second-order valence-electron chi connectivity index (χ2n) is 5.65. The number of nitrogens with two attached hydrogens (primary N) is 1. The van der Waals surface area contributed by atoms with Gasteiger partial charge in [0.25, 0.3) is 0 Å². The normalized spacial score (nSPS) is 24.4. The van der Waals surface area contributed by atoms with Gasteiger partial charge in [-0.05, 0) is 39.2 Å². The van der Waals surface area contributed by atoms with Gasteiger partial charge in [-0.1, -0.05) is 6.42 Å². The molecule has 0 bridgehead atoms. The van der Waals surface area contributed by atoms with Crippen LogP contribution in [0, 0.1) is 5.92 Å². The summed E-state index contributed by atoms with van der Waals surface area (Å²) in [6.45, 7) is 4.16. The maximum Gasteiger partial charge on any atom is 0.142 e. The molecule has 2 unspecified atom stereocenters. The number of aromatic nitrogens is 2. The van der Waals surface area contributed by atoms with E-state index in [9.17, 15) is 4.79 Å². The molecule has 0 aliphatic heterocycles. The molecule has 4 nitrogen and oxygen atoms in total. The molecule has 1 saturated carbocycles. The summed E-state index contributed by atoms with van der Waals surface area (Å²) in [7, 11) is 0. The Hall–Kier alpha value is -1.16. The zero-order chi connectivity index (χ0) is 13.1. The fourth-order valence-electron chi connectivity index (χ4n) is 2.60. The van der Waals surface area contributed by atoms with Gasteiger partial charge < -0.3 is 5.73 Å². The van der Waals surface area contributed by atoms with Crippen LogP contribution in [0.2, 0.25) is 0 Å². The van der Waals surface area contributed by atoms with Gasteiger partial charge in [0, 0.05) is 24.2 Å². The van der Waals surface area contributed by atoms with Gasteiger partial charge in [-0.25, -0.2) is 0 Å². The zero-order valence-electron chi connectivity index (χ0n) is 11.3. The number of hydrogen-bond acceptors (Lipinski definition) is 3. The molecular formula is C14H23N3O. The molecule has 18 heavy (non-hydrogen) atoms. The van der Waals surface area contributed by atoms with Crippen LogP contribution in [0.15, 0.2) is 12.3 Å². The highest BCUT2D eigenvalue weighted by molar-refractivity contribution is 5.83. The summed E-state index contributed by atoms with van der Waals surface area (Å²) < 4.78 is 1.90. The van der Waals surface area contributed by atoms with Crippen molar-refractivity contribution in [1.82, 2.24) is 9.78 Å². The Bertz CT molecular complexity index is 411. The number of carbonyl (C=O) groups excluding carboxylic acids is 1. The largest absolute Gasteiger partial charge is 0.328 e. The quantitative estimate of drug-likeness (QED) is 0.888. The SMILES string of the molecule is CC(C)n1ccc(CC(=O)C2CCCC(N)C2)n1. The van der Waals surface area contributed by atoms with Gasteiger partial charge >= 0.3 is 0 Å². The molecule has 4 heteroatoms. The van der Waals surface area contributed by atoms with E-state index >= 15 is 0 Å². The van der Waals surface area contributed by atoms with E-state index in [0.29, 0.717) is 18.2 Å². The highest BCUT2D eigenvalue weighted by Gasteiger charge is 2.25. The van der Waals surface area contributed by atoms with Crippen molar-refractivity contribution in [3.63, 3.8) is 0 Å². The van der Waals surface area contributed by atoms with Crippen LogP contribution in [0.4, 0.5) is 0 Å². The van der Waals surface area contributed by atoms with Crippen LogP contribution in [-0.4, -0.2) is 21.6 Å². The molecule has 1 aliphatic rings. The van der Waals surface area contributed by atoms with Gasteiger partial charge in [-0.15, -0.1) is 0 Å². The van der Waals surface area contributed by atoms with Crippen LogP contribution in [0.25, 0.3) is 0 Å². The van der Waals surface area contributed by atoms with Gasteiger partial charge in [0.2, 0.25) is 0 Å². The average molecular weight is 249 g/mol. The lowest BCUT2D eigenvalue weighted by molar-refractivity contribution is -0.123. The van der Waals surface area contributed by atoms with Crippen molar-refractivity contribution in [2.24, 2.45) is 11.7 Å². The third-order valence-electron chi connectivity index (χ3n) is 3.72. The van der Waals surface area contributed by atoms with Gasteiger partial charge in [0.15, 0.2) is 0 Å². The van der Waals surface area contributed by atoms with E-state index in [1.54, 1.807) is 0 Å². The fourth-order valence-corrected chi connectivity index (χ4v) is 2.60. The second kappa shape index (κ2) is 5.65. The Labute approximate surface area is 109 Å². The van der Waals surface area contributed by atoms with Crippen LogP contribution in [0.5, 0.6) is 0 Å². The van der Waals surface area contributed by atoms with Gasteiger partial charge in [0.05, 0.1) is 12.1 Å². The highest BCUT2D eigenvalue weighted by atomic mass is 16.1. The van der Waals surface area contributed by atoms with Crippen LogP contribution in [0.1, 0.15) is 51.3 Å². The molecule has 100 valence electrons. The lowest BCUT2D eigenvalue weighted by atomic mass is 9.82. The maximum absolute atomic E-state index is 12.2. The zero-order valence-corrected chi connectivity index (χ0v) is 11.3. The van der Waals surface area contributed by atoms with Gasteiger partial charge in [-0.2, -0.15) is 5.10 Å². The third-order valence-corrected chi connectivity index (χ3v) is 3.72. The van der Waals surface area contributed by atoms with Crippen molar-refractivity contribution in [2.75, 3.05) is 0 Å². The molecule has 0 spiro atoms. The number of carbonyl (C=O) groups is 1. The molecule has 2 rings (SSSR count). The molecule has 2 N–H and O–H groups in total. The van der Waals surface area contributed by atoms with E-state index in [1.165, 1.54) is 0 Å². The minimum Gasteiger partial charge on any atom is -0.328 e. The molecule has 1 heterocycles. The molecular weight excluding hydrogens is 226 g/mol. The first-order chi connectivity index (χ1) is 8.56. The van der Waals surface area contributed by atoms with E-state index in [0.717, 1.165) is 31.4 Å². The molecule has 1 aromatic heterocycles. The van der Waals surface area contributed by atoms with Gasteiger partial charge in [-0.3, -0.25) is 9.48 Å². The molecule has 0 amide bonds. The molecule has 1 aromatic rings. The van der Waals surface area contributed by atoms with E-state index in [4.69, 9.17) is 5.73 Å². The van der Waals surface area contributed by atoms with Crippen LogP contribution >= 0.6 is 0 Å². The van der Waals surface area contributed by atoms with E-state index in [2.05, 4.69) is 18.9 Å². The minimum absolute atomic E-state index is 0.151. The van der Waals surface area contributed by atoms with Crippen LogP contribution in [0.3, 0.4) is 0 Å². The predicted octanol–water partition coefficient (Wildman–Crippen LogP) is 2.09. The first-order valence-corrected chi connectivity index (χ1v) is 6.88. The van der Waals surface area contributed by atoms with Crippen molar-refractivity contribution < 1.29 is 4.79 Å². The molecule has 0 aromatic carbocycles. The van der Waals surface area contributed by atoms with Crippen molar-refractivity contribution in [3.05, 3.63) is 18.0 Å². The monoisotopic (exact) mass is 249 g/mol. The number of rotatable bonds is 4. The van der Waals surface area contributed by atoms with Crippen molar-refractivity contribution in [3.8, 4) is 0 Å². The van der Waals surface area contributed by atoms with E-state index in [-0.39, 0.29) is 12.0 Å². The minimum atomic E-state index is 0.151. The lowest BCUT2D eigenvalue weighted by Crippen LogP contribution is -2.32. The molecule has 0 radical (unpaired) electrons. The first kappa shape index (κ1) is 13.3. The summed E-state index contributed by atoms with van der Waals surface area (Å²) in [6, 6.07) is 2.50. The predicted molar refractivity (Wildman–Crippen MR) is 71.3 cm³/mol. The van der Waals surface area contributed by atoms with Crippen molar-refractivity contribution in [1.29, 1.82) is 0 Å². The van der Waals surface area contributed by atoms with E-state index < -0.39 is 0 Å². The van der Waals surface area contributed by atoms with Crippen molar-refractivity contribution in [2.45, 2.75) is 58.0 Å². The summed E-state index contributed by atoms with van der Waals surface area (Å²) in [4.78, 5) is 12.2. The summed E-state index contributed by atoms with van der Waals surface area (Å²) in [5, 5.41) is 4.43. The summed E-state index contributed by atoms with van der Waals surface area (Å²) in [6.07, 6.45) is 6.39. The van der Waals surface area contributed by atoms with Crippen molar-refractivity contribution >= 4 is 5.78 Å². The van der Waals surface area contributed by atoms with Crippen LogP contribution in [-0.2, 0) is 11.2 Å². The summed E-state index contributed by atoms with van der Waals surface area (Å²) in [5.74, 6) is 0.456. The maximum atomic E-state index is 12.2. The molecule has 1 aliphatic carbocycles. The van der Waals surface area contributed by atoms with Gasteiger partial charge in [0.1, 0.15) is 5.78 Å². The Balaban J connectivity index is 1.93. The summed E-state index contributed by atoms with van der Waals surface area (Å²) in [5.41, 5.74) is 6.81. The molecule has 0 saturated heterocycles. The number of nitrogens with zero attached hydrogens (tertiary/aromatic N) is 2. The Morgan fingerprint density at radius 3 is 2.94 bits per heavy atom. The Morgan fingerprint density at radius 2 is 2.33 bits per heavy atom. The summed E-state index contributed by atoms with van der Waals surface area (Å²) >= 11 is 0. The number of hydrogen-bond donors (Lipinski definition) is 1. The smallest absolute Gasteiger partial charge is 0.142 e. The first-order valence-electron chi connectivity index (χ1n) is 6.88. The van der Waals surface area contributed by atoms with Crippen LogP contribution < -0.4 is 5.73 Å². The Morgan fingerprint density at radius 1 is 1.56 bits per heavy atom. The third kappa shape index (κ3) is 3.19. The molecule has 1 fully saturated rings. The topological polar surface area (TPSA) is 60.9 Å². The fraction of sp³-hybridized carbons (Fsp3) is 0.714. The Kier molecular flexibility index (Phi) is 4.17. The standard InChI is InChI=1S/C14H23N3O/c1-10(2)17-7-6-13(16-17)9-14(18)11-4-3-5-12(15)8-11/h6-7,10-12H,3-5,8-9,15H2,1-2H3. The molecule has 2 atom stereocenters. The average Bonchev–Trinajstić information content (AvgIpc) is 2.77. The second-order valence-corrected chi connectivity index (χ2v) is 5.65. The number of Topliss-reactive ketones (excluding diaryl/α,β-unsaturated/α-hetero) is 1. The number of ketones is 1. The van der Waals surface area contributed by atoms with E-state index in [1.807, 2.05) is 16.9 Å². The highest BCUT2D eigenvalue weighted by Crippen LogP contribution is 2.24.